The van der Waals surface area contributed by atoms with E-state index in [9.17, 15) is 4.79 Å². The molecule has 5 heteroatoms. The number of carbonyl (C=O) groups excluding carboxylic acids is 1. The van der Waals surface area contributed by atoms with Crippen molar-refractivity contribution in [1.82, 2.24) is 4.90 Å². The van der Waals surface area contributed by atoms with E-state index in [1.165, 1.54) is 11.1 Å². The molecule has 2 aromatic rings. The van der Waals surface area contributed by atoms with E-state index in [0.717, 1.165) is 13.1 Å². The molecule has 0 unspecified atom stereocenters. The van der Waals surface area contributed by atoms with Crippen molar-refractivity contribution >= 4 is 34.8 Å². The quantitative estimate of drug-likeness (QED) is 0.928. The molecule has 21 heavy (non-hydrogen) atoms. The molecule has 3 nitrogen and oxygen atoms in total. The molecule has 0 atom stereocenters. The van der Waals surface area contributed by atoms with Gasteiger partial charge in [0.2, 0.25) is 5.91 Å². The van der Waals surface area contributed by atoms with Gasteiger partial charge in [0.25, 0.3) is 0 Å². The molecule has 0 fully saturated rings. The van der Waals surface area contributed by atoms with Crippen molar-refractivity contribution in [3.8, 4) is 0 Å². The summed E-state index contributed by atoms with van der Waals surface area (Å²) < 4.78 is 0. The lowest BCUT2D eigenvalue weighted by Crippen LogP contribution is -2.29. The Bertz CT molecular complexity index is 663. The standard InChI is InChI=1S/C16H14Cl2N2O/c17-13-5-6-14(18)15(7-13)19-16(21)10-20-8-11-3-1-2-4-12(11)9-20/h1-7H,8-10H2,(H,19,21). The number of amides is 1. The normalized spacial score (nSPS) is 14.0. The van der Waals surface area contributed by atoms with Crippen LogP contribution in [0.25, 0.3) is 0 Å². The third kappa shape index (κ3) is 3.38. The summed E-state index contributed by atoms with van der Waals surface area (Å²) in [4.78, 5) is 14.2. The van der Waals surface area contributed by atoms with Crippen molar-refractivity contribution in [2.45, 2.75) is 13.1 Å². The van der Waals surface area contributed by atoms with Crippen molar-refractivity contribution in [2.24, 2.45) is 0 Å². The lowest BCUT2D eigenvalue weighted by Gasteiger charge is -2.15. The van der Waals surface area contributed by atoms with Gasteiger partial charge in [-0.25, -0.2) is 0 Å². The highest BCUT2D eigenvalue weighted by Gasteiger charge is 2.20. The number of fused-ring (bicyclic) bond motifs is 1. The van der Waals surface area contributed by atoms with Gasteiger partial charge in [0.05, 0.1) is 17.3 Å². The van der Waals surface area contributed by atoms with Crippen LogP contribution in [0.15, 0.2) is 42.5 Å². The minimum Gasteiger partial charge on any atom is -0.324 e. The highest BCUT2D eigenvalue weighted by Crippen LogP contribution is 2.26. The summed E-state index contributed by atoms with van der Waals surface area (Å²) in [7, 11) is 0. The van der Waals surface area contributed by atoms with Gasteiger partial charge in [0, 0.05) is 18.1 Å². The van der Waals surface area contributed by atoms with Crippen molar-refractivity contribution < 1.29 is 4.79 Å². The molecule has 0 aliphatic carbocycles. The summed E-state index contributed by atoms with van der Waals surface area (Å²) in [6, 6.07) is 13.3. The molecule has 1 heterocycles. The molecule has 3 rings (SSSR count). The first-order valence-corrected chi connectivity index (χ1v) is 7.41. The predicted octanol–water partition coefficient (Wildman–Crippen LogP) is 3.95. The fourth-order valence-electron chi connectivity index (χ4n) is 2.50. The number of carbonyl (C=O) groups is 1. The van der Waals surface area contributed by atoms with Crippen LogP contribution in [-0.4, -0.2) is 17.4 Å². The largest absolute Gasteiger partial charge is 0.324 e. The molecule has 0 radical (unpaired) electrons. The Morgan fingerprint density at radius 2 is 1.76 bits per heavy atom. The second-order valence-corrected chi connectivity index (χ2v) is 5.93. The van der Waals surface area contributed by atoms with Gasteiger partial charge < -0.3 is 5.32 Å². The van der Waals surface area contributed by atoms with Crippen LogP contribution in [-0.2, 0) is 17.9 Å². The maximum absolute atomic E-state index is 12.1. The smallest absolute Gasteiger partial charge is 0.238 e. The minimum absolute atomic E-state index is 0.0908. The Balaban J connectivity index is 1.62. The Morgan fingerprint density at radius 1 is 1.10 bits per heavy atom. The Labute approximate surface area is 133 Å². The number of nitrogens with one attached hydrogen (secondary N) is 1. The maximum Gasteiger partial charge on any atom is 0.238 e. The summed E-state index contributed by atoms with van der Waals surface area (Å²) in [5.41, 5.74) is 3.11. The van der Waals surface area contributed by atoms with Gasteiger partial charge in [-0.3, -0.25) is 9.69 Å². The molecule has 0 bridgehead atoms. The number of anilines is 1. The Hall–Kier alpha value is -1.55. The number of benzene rings is 2. The van der Waals surface area contributed by atoms with Gasteiger partial charge in [-0.05, 0) is 29.3 Å². The van der Waals surface area contributed by atoms with Gasteiger partial charge in [-0.2, -0.15) is 0 Å². The molecule has 0 spiro atoms. The van der Waals surface area contributed by atoms with Gasteiger partial charge >= 0.3 is 0 Å². The molecule has 2 aromatic carbocycles. The fraction of sp³-hybridized carbons (Fsp3) is 0.188. The zero-order valence-corrected chi connectivity index (χ0v) is 12.8. The molecule has 0 saturated carbocycles. The second kappa shape index (κ2) is 6.06. The maximum atomic E-state index is 12.1. The average molecular weight is 321 g/mol. The second-order valence-electron chi connectivity index (χ2n) is 5.09. The Kier molecular flexibility index (Phi) is 4.15. The fourth-order valence-corrected chi connectivity index (χ4v) is 2.84. The first kappa shape index (κ1) is 14.4. The van der Waals surface area contributed by atoms with E-state index in [1.54, 1.807) is 18.2 Å². The molecule has 0 saturated heterocycles. The van der Waals surface area contributed by atoms with E-state index >= 15 is 0 Å². The SMILES string of the molecule is O=C(CN1Cc2ccccc2C1)Nc1cc(Cl)ccc1Cl. The molecule has 1 aliphatic rings. The Morgan fingerprint density at radius 3 is 2.43 bits per heavy atom. The summed E-state index contributed by atoms with van der Waals surface area (Å²) in [5.74, 6) is -0.0908. The van der Waals surface area contributed by atoms with E-state index in [-0.39, 0.29) is 5.91 Å². The summed E-state index contributed by atoms with van der Waals surface area (Å²) in [6.45, 7) is 1.93. The monoisotopic (exact) mass is 320 g/mol. The molecule has 0 aromatic heterocycles. The molecule has 108 valence electrons. The number of hydrogen-bond donors (Lipinski definition) is 1. The van der Waals surface area contributed by atoms with Crippen LogP contribution in [0.3, 0.4) is 0 Å². The van der Waals surface area contributed by atoms with Gasteiger partial charge in [0.1, 0.15) is 0 Å². The van der Waals surface area contributed by atoms with E-state index in [4.69, 9.17) is 23.2 Å². The highest BCUT2D eigenvalue weighted by molar-refractivity contribution is 6.35. The van der Waals surface area contributed by atoms with Crippen molar-refractivity contribution in [2.75, 3.05) is 11.9 Å². The van der Waals surface area contributed by atoms with Gasteiger partial charge in [0.15, 0.2) is 0 Å². The number of rotatable bonds is 3. The lowest BCUT2D eigenvalue weighted by atomic mass is 10.1. The van der Waals surface area contributed by atoms with E-state index in [1.807, 2.05) is 12.1 Å². The third-order valence-electron chi connectivity index (χ3n) is 3.48. The predicted molar refractivity (Wildman–Crippen MR) is 85.6 cm³/mol. The van der Waals surface area contributed by atoms with Crippen LogP contribution in [0.5, 0.6) is 0 Å². The van der Waals surface area contributed by atoms with Crippen LogP contribution in [0.4, 0.5) is 5.69 Å². The van der Waals surface area contributed by atoms with E-state index in [0.29, 0.717) is 22.3 Å². The molecule has 1 aliphatic heterocycles. The van der Waals surface area contributed by atoms with Crippen LogP contribution < -0.4 is 5.32 Å². The molecular weight excluding hydrogens is 307 g/mol. The molecule has 1 N–H and O–H groups in total. The van der Waals surface area contributed by atoms with Crippen molar-refractivity contribution in [1.29, 1.82) is 0 Å². The molecular formula is C16H14Cl2N2O. The average Bonchev–Trinajstić information content (AvgIpc) is 2.84. The van der Waals surface area contributed by atoms with Crippen LogP contribution in [0.1, 0.15) is 11.1 Å². The van der Waals surface area contributed by atoms with Crippen molar-refractivity contribution in [3.05, 3.63) is 63.6 Å². The van der Waals surface area contributed by atoms with Crippen LogP contribution in [0, 0.1) is 0 Å². The topological polar surface area (TPSA) is 32.3 Å². The highest BCUT2D eigenvalue weighted by atomic mass is 35.5. The van der Waals surface area contributed by atoms with Gasteiger partial charge in [-0.1, -0.05) is 47.5 Å². The van der Waals surface area contributed by atoms with E-state index < -0.39 is 0 Å². The van der Waals surface area contributed by atoms with Crippen LogP contribution in [0.2, 0.25) is 10.0 Å². The van der Waals surface area contributed by atoms with Crippen molar-refractivity contribution in [3.63, 3.8) is 0 Å². The lowest BCUT2D eigenvalue weighted by molar-refractivity contribution is -0.117. The summed E-state index contributed by atoms with van der Waals surface area (Å²) in [6.07, 6.45) is 0. The zero-order valence-electron chi connectivity index (χ0n) is 11.3. The van der Waals surface area contributed by atoms with Crippen LogP contribution >= 0.6 is 23.2 Å². The number of hydrogen-bond acceptors (Lipinski definition) is 2. The first-order valence-electron chi connectivity index (χ1n) is 6.66. The summed E-state index contributed by atoms with van der Waals surface area (Å²) >= 11 is 12.0. The summed E-state index contributed by atoms with van der Waals surface area (Å²) in [5, 5.41) is 3.84. The first-order chi connectivity index (χ1) is 10.1. The van der Waals surface area contributed by atoms with Gasteiger partial charge in [-0.15, -0.1) is 0 Å². The minimum atomic E-state index is -0.0908. The zero-order chi connectivity index (χ0) is 14.8. The van der Waals surface area contributed by atoms with E-state index in [2.05, 4.69) is 22.3 Å². The molecule has 1 amide bonds. The third-order valence-corrected chi connectivity index (χ3v) is 4.04. The number of nitrogens with zero attached hydrogens (tertiary/aromatic N) is 1. The number of halogens is 2.